The van der Waals surface area contributed by atoms with E-state index >= 15 is 0 Å². The fourth-order valence-corrected chi connectivity index (χ4v) is 5.63. The molecule has 1 spiro atoms. The number of rotatable bonds is 2. The normalized spacial score (nSPS) is 46.7. The number of aliphatic hydroxyl groups excluding tert-OH is 1. The Labute approximate surface area is 115 Å². The molecule has 5 atom stereocenters. The summed E-state index contributed by atoms with van der Waals surface area (Å²) in [6.45, 7) is 3.19. The van der Waals surface area contributed by atoms with Crippen LogP contribution in [0.1, 0.15) is 45.4 Å². The predicted molar refractivity (Wildman–Crippen MR) is 75.9 cm³/mol. The van der Waals surface area contributed by atoms with Crippen LogP contribution in [0, 0.1) is 17.8 Å². The Hall–Kier alpha value is 0.270. The Kier molecular flexibility index (Phi) is 3.93. The first-order valence-electron chi connectivity index (χ1n) is 7.60. The Morgan fingerprint density at radius 1 is 1.33 bits per heavy atom. The molecule has 0 radical (unpaired) electrons. The topological polar surface area (TPSA) is 29.5 Å². The lowest BCUT2D eigenvalue weighted by Crippen LogP contribution is -2.45. The fraction of sp³-hybridized carbons (Fsp3) is 1.00. The standard InChI is InChI=1S/C15H26O2S/c1-11-3-2-4-13(11)14(16)12-5-7-17-15(9-12)6-8-18-10-15/h11-14,16H,2-10H2,1H3. The van der Waals surface area contributed by atoms with Crippen LogP contribution in [0.3, 0.4) is 0 Å². The minimum absolute atomic E-state index is 0.0751. The number of aliphatic hydroxyl groups is 1. The third kappa shape index (κ3) is 2.46. The van der Waals surface area contributed by atoms with E-state index < -0.39 is 0 Å². The average Bonchev–Trinajstić information content (AvgIpc) is 2.98. The molecule has 104 valence electrons. The summed E-state index contributed by atoms with van der Waals surface area (Å²) in [5, 5.41) is 10.7. The number of thioether (sulfide) groups is 1. The van der Waals surface area contributed by atoms with Gasteiger partial charge < -0.3 is 9.84 Å². The minimum atomic E-state index is -0.0751. The SMILES string of the molecule is CC1CCCC1C(O)C1CCOC2(CCSC2)C1. The molecule has 2 aliphatic heterocycles. The van der Waals surface area contributed by atoms with E-state index in [4.69, 9.17) is 4.74 Å². The second-order valence-electron chi connectivity index (χ2n) is 6.65. The molecular weight excluding hydrogens is 244 g/mol. The monoisotopic (exact) mass is 270 g/mol. The van der Waals surface area contributed by atoms with Gasteiger partial charge in [0.25, 0.3) is 0 Å². The van der Waals surface area contributed by atoms with Gasteiger partial charge in [0, 0.05) is 12.4 Å². The molecule has 0 bridgehead atoms. The molecule has 1 N–H and O–H groups in total. The van der Waals surface area contributed by atoms with Gasteiger partial charge in [0.2, 0.25) is 0 Å². The number of ether oxygens (including phenoxy) is 1. The van der Waals surface area contributed by atoms with Gasteiger partial charge in [-0.3, -0.25) is 0 Å². The lowest BCUT2D eigenvalue weighted by Gasteiger charge is -2.41. The lowest BCUT2D eigenvalue weighted by molar-refractivity contribution is -0.111. The van der Waals surface area contributed by atoms with Crippen LogP contribution in [0.5, 0.6) is 0 Å². The zero-order valence-electron chi connectivity index (χ0n) is 11.4. The van der Waals surface area contributed by atoms with E-state index in [-0.39, 0.29) is 11.7 Å². The predicted octanol–water partition coefficient (Wildman–Crippen LogP) is 3.09. The molecule has 0 aromatic heterocycles. The van der Waals surface area contributed by atoms with Crippen molar-refractivity contribution in [1.82, 2.24) is 0 Å². The Morgan fingerprint density at radius 2 is 2.22 bits per heavy atom. The molecule has 2 nitrogen and oxygen atoms in total. The molecule has 1 saturated carbocycles. The van der Waals surface area contributed by atoms with Gasteiger partial charge in [-0.2, -0.15) is 11.8 Å². The molecule has 5 unspecified atom stereocenters. The van der Waals surface area contributed by atoms with Crippen LogP contribution in [-0.4, -0.2) is 34.9 Å². The summed E-state index contributed by atoms with van der Waals surface area (Å²) in [5.74, 6) is 4.15. The third-order valence-corrected chi connectivity index (χ3v) is 6.67. The second kappa shape index (κ2) is 5.34. The summed E-state index contributed by atoms with van der Waals surface area (Å²) < 4.78 is 6.06. The highest BCUT2D eigenvalue weighted by molar-refractivity contribution is 7.99. The van der Waals surface area contributed by atoms with E-state index in [0.717, 1.165) is 31.1 Å². The van der Waals surface area contributed by atoms with Crippen molar-refractivity contribution in [2.45, 2.75) is 57.2 Å². The van der Waals surface area contributed by atoms with Crippen LogP contribution in [-0.2, 0) is 4.74 Å². The van der Waals surface area contributed by atoms with Crippen molar-refractivity contribution in [3.8, 4) is 0 Å². The summed E-state index contributed by atoms with van der Waals surface area (Å²) >= 11 is 2.02. The maximum absolute atomic E-state index is 10.7. The van der Waals surface area contributed by atoms with Gasteiger partial charge in [0.15, 0.2) is 0 Å². The molecule has 3 fully saturated rings. The van der Waals surface area contributed by atoms with Crippen molar-refractivity contribution in [2.75, 3.05) is 18.1 Å². The van der Waals surface area contributed by atoms with Gasteiger partial charge in [-0.25, -0.2) is 0 Å². The molecule has 3 heteroatoms. The summed E-state index contributed by atoms with van der Waals surface area (Å²) in [4.78, 5) is 0. The maximum Gasteiger partial charge on any atom is 0.0783 e. The van der Waals surface area contributed by atoms with Crippen LogP contribution < -0.4 is 0 Å². The summed E-state index contributed by atoms with van der Waals surface area (Å²) in [6, 6.07) is 0. The van der Waals surface area contributed by atoms with Crippen LogP contribution >= 0.6 is 11.8 Å². The number of hydrogen-bond donors (Lipinski definition) is 1. The van der Waals surface area contributed by atoms with E-state index in [1.807, 2.05) is 11.8 Å². The lowest BCUT2D eigenvalue weighted by atomic mass is 9.76. The number of hydrogen-bond acceptors (Lipinski definition) is 3. The van der Waals surface area contributed by atoms with Gasteiger partial charge >= 0.3 is 0 Å². The molecule has 0 aromatic carbocycles. The average molecular weight is 270 g/mol. The van der Waals surface area contributed by atoms with E-state index in [1.165, 1.54) is 31.4 Å². The largest absolute Gasteiger partial charge is 0.393 e. The molecule has 3 aliphatic rings. The summed E-state index contributed by atoms with van der Waals surface area (Å²) in [7, 11) is 0. The first kappa shape index (κ1) is 13.3. The van der Waals surface area contributed by atoms with Gasteiger partial charge in [0.05, 0.1) is 11.7 Å². The Balaban J connectivity index is 1.64. The van der Waals surface area contributed by atoms with Gasteiger partial charge in [-0.1, -0.05) is 19.8 Å². The third-order valence-electron chi connectivity index (χ3n) is 5.45. The molecule has 18 heavy (non-hydrogen) atoms. The van der Waals surface area contributed by atoms with Crippen molar-refractivity contribution < 1.29 is 9.84 Å². The quantitative estimate of drug-likeness (QED) is 0.836. The van der Waals surface area contributed by atoms with Crippen molar-refractivity contribution >= 4 is 11.8 Å². The van der Waals surface area contributed by atoms with Gasteiger partial charge in [-0.05, 0) is 49.2 Å². The van der Waals surface area contributed by atoms with Crippen LogP contribution in [0.2, 0.25) is 0 Å². The highest BCUT2D eigenvalue weighted by Gasteiger charge is 2.44. The smallest absolute Gasteiger partial charge is 0.0783 e. The van der Waals surface area contributed by atoms with Crippen molar-refractivity contribution in [3.05, 3.63) is 0 Å². The highest BCUT2D eigenvalue weighted by Crippen LogP contribution is 2.44. The Morgan fingerprint density at radius 3 is 2.89 bits per heavy atom. The molecular formula is C15H26O2S. The van der Waals surface area contributed by atoms with E-state index in [2.05, 4.69) is 6.92 Å². The minimum Gasteiger partial charge on any atom is -0.393 e. The van der Waals surface area contributed by atoms with E-state index in [9.17, 15) is 5.11 Å². The maximum atomic E-state index is 10.7. The second-order valence-corrected chi connectivity index (χ2v) is 7.75. The van der Waals surface area contributed by atoms with Crippen molar-refractivity contribution in [2.24, 2.45) is 17.8 Å². The van der Waals surface area contributed by atoms with Crippen molar-refractivity contribution in [1.29, 1.82) is 0 Å². The van der Waals surface area contributed by atoms with E-state index in [0.29, 0.717) is 11.8 Å². The van der Waals surface area contributed by atoms with E-state index in [1.54, 1.807) is 0 Å². The van der Waals surface area contributed by atoms with Gasteiger partial charge in [0.1, 0.15) is 0 Å². The molecule has 0 aromatic rings. The Bertz CT molecular complexity index is 288. The van der Waals surface area contributed by atoms with Crippen LogP contribution in [0.25, 0.3) is 0 Å². The highest BCUT2D eigenvalue weighted by atomic mass is 32.2. The zero-order valence-corrected chi connectivity index (χ0v) is 12.3. The summed E-state index contributed by atoms with van der Waals surface area (Å²) in [6.07, 6.45) is 7.15. The van der Waals surface area contributed by atoms with Gasteiger partial charge in [-0.15, -0.1) is 0 Å². The summed E-state index contributed by atoms with van der Waals surface area (Å²) in [5.41, 5.74) is 0.121. The molecule has 1 aliphatic carbocycles. The zero-order chi connectivity index (χ0) is 12.6. The first-order chi connectivity index (χ1) is 8.70. The van der Waals surface area contributed by atoms with Crippen molar-refractivity contribution in [3.63, 3.8) is 0 Å². The molecule has 0 amide bonds. The van der Waals surface area contributed by atoms with Crippen LogP contribution in [0.4, 0.5) is 0 Å². The molecule has 3 rings (SSSR count). The van der Waals surface area contributed by atoms with Crippen LogP contribution in [0.15, 0.2) is 0 Å². The molecule has 2 heterocycles. The first-order valence-corrected chi connectivity index (χ1v) is 8.75. The fourth-order valence-electron chi connectivity index (χ4n) is 4.25. The molecule has 2 saturated heterocycles.